The van der Waals surface area contributed by atoms with Crippen LogP contribution in [0, 0.1) is 5.41 Å². The smallest absolute Gasteiger partial charge is 0.236 e. The van der Waals surface area contributed by atoms with Gasteiger partial charge in [-0.1, -0.05) is 41.5 Å². The highest BCUT2D eigenvalue weighted by molar-refractivity contribution is 7.80. The summed E-state index contributed by atoms with van der Waals surface area (Å²) in [7, 11) is 0. The molecule has 0 unspecified atom stereocenters. The molecule has 0 atom stereocenters. The predicted molar refractivity (Wildman–Crippen MR) is 75.7 cm³/mol. The fourth-order valence-electron chi connectivity index (χ4n) is 0.991. The number of rotatable bonds is 3. The Kier molecular flexibility index (Phi) is 4.36. The monoisotopic (exact) mass is 290 g/mol. The Morgan fingerprint density at radius 2 is 2.00 bits per heavy atom. The summed E-state index contributed by atoms with van der Waals surface area (Å²) in [6.07, 6.45) is 0. The number of hydrogen-bond acceptors (Lipinski definition) is 2. The van der Waals surface area contributed by atoms with Gasteiger partial charge in [-0.15, -0.1) is 0 Å². The SMILES string of the molecule is CC(C)(C(=O)Nc1cccc(Cl)c1Cl)C(N)=S. The number of nitrogens with one attached hydrogen (secondary N) is 1. The van der Waals surface area contributed by atoms with Gasteiger partial charge in [0, 0.05) is 0 Å². The molecule has 1 amide bonds. The average molecular weight is 291 g/mol. The van der Waals surface area contributed by atoms with E-state index >= 15 is 0 Å². The highest BCUT2D eigenvalue weighted by Gasteiger charge is 2.31. The fourth-order valence-corrected chi connectivity index (χ4v) is 1.43. The van der Waals surface area contributed by atoms with Crippen molar-refractivity contribution in [1.82, 2.24) is 0 Å². The molecule has 0 spiro atoms. The topological polar surface area (TPSA) is 55.1 Å². The van der Waals surface area contributed by atoms with E-state index in [-0.39, 0.29) is 10.9 Å². The standard InChI is InChI=1S/C11H12Cl2N2OS/c1-11(2,9(14)17)10(16)15-7-5-3-4-6(12)8(7)13/h3-5H,1-2H3,(H2,14,17)(H,15,16). The first-order chi connectivity index (χ1) is 7.76. The summed E-state index contributed by atoms with van der Waals surface area (Å²) in [6.45, 7) is 3.28. The maximum Gasteiger partial charge on any atom is 0.236 e. The minimum atomic E-state index is -0.943. The van der Waals surface area contributed by atoms with Crippen LogP contribution in [-0.4, -0.2) is 10.9 Å². The van der Waals surface area contributed by atoms with E-state index in [2.05, 4.69) is 5.32 Å². The molecule has 6 heteroatoms. The van der Waals surface area contributed by atoms with Gasteiger partial charge in [0.2, 0.25) is 5.91 Å². The van der Waals surface area contributed by atoms with Crippen molar-refractivity contribution >= 4 is 52.0 Å². The molecule has 3 nitrogen and oxygen atoms in total. The average Bonchev–Trinajstić information content (AvgIpc) is 2.24. The van der Waals surface area contributed by atoms with Crippen molar-refractivity contribution in [2.75, 3.05) is 5.32 Å². The molecule has 0 aliphatic rings. The second-order valence-corrected chi connectivity index (χ2v) is 5.27. The number of anilines is 1. The zero-order valence-corrected chi connectivity index (χ0v) is 11.7. The zero-order chi connectivity index (χ0) is 13.2. The number of thiocarbonyl (C=S) groups is 1. The molecule has 0 aromatic heterocycles. The predicted octanol–water partition coefficient (Wildman–Crippen LogP) is 3.24. The summed E-state index contributed by atoms with van der Waals surface area (Å²) in [5.41, 5.74) is 5.00. The minimum Gasteiger partial charge on any atom is -0.392 e. The molecule has 0 aliphatic carbocycles. The Balaban J connectivity index is 2.97. The highest BCUT2D eigenvalue weighted by Crippen LogP contribution is 2.30. The van der Waals surface area contributed by atoms with Gasteiger partial charge in [-0.3, -0.25) is 4.79 Å². The van der Waals surface area contributed by atoms with Crippen LogP contribution in [0.15, 0.2) is 18.2 Å². The van der Waals surface area contributed by atoms with Crippen LogP contribution in [0.4, 0.5) is 5.69 Å². The van der Waals surface area contributed by atoms with Gasteiger partial charge in [0.05, 0.1) is 26.1 Å². The molecule has 92 valence electrons. The number of hydrogen-bond donors (Lipinski definition) is 2. The lowest BCUT2D eigenvalue weighted by Crippen LogP contribution is -2.41. The Bertz CT molecular complexity index is 475. The van der Waals surface area contributed by atoms with Crippen LogP contribution in [-0.2, 0) is 4.79 Å². The van der Waals surface area contributed by atoms with E-state index in [0.717, 1.165) is 0 Å². The second-order valence-electron chi connectivity index (χ2n) is 4.04. The number of carbonyl (C=O) groups excluding carboxylic acids is 1. The first-order valence-electron chi connectivity index (χ1n) is 4.82. The molecule has 0 saturated carbocycles. The van der Waals surface area contributed by atoms with Crippen molar-refractivity contribution in [1.29, 1.82) is 0 Å². The van der Waals surface area contributed by atoms with Crippen LogP contribution in [0.5, 0.6) is 0 Å². The van der Waals surface area contributed by atoms with Crippen LogP contribution in [0.25, 0.3) is 0 Å². The quantitative estimate of drug-likeness (QED) is 0.841. The summed E-state index contributed by atoms with van der Waals surface area (Å²) in [5.74, 6) is -0.325. The fraction of sp³-hybridized carbons (Fsp3) is 0.273. The van der Waals surface area contributed by atoms with Crippen molar-refractivity contribution < 1.29 is 4.79 Å². The summed E-state index contributed by atoms with van der Waals surface area (Å²) >= 11 is 16.6. The van der Waals surface area contributed by atoms with Gasteiger partial charge < -0.3 is 11.1 Å². The van der Waals surface area contributed by atoms with Crippen molar-refractivity contribution in [3.63, 3.8) is 0 Å². The first kappa shape index (κ1) is 14.2. The lowest BCUT2D eigenvalue weighted by Gasteiger charge is -2.22. The molecular weight excluding hydrogens is 279 g/mol. The highest BCUT2D eigenvalue weighted by atomic mass is 35.5. The van der Waals surface area contributed by atoms with E-state index in [1.54, 1.807) is 32.0 Å². The molecule has 0 heterocycles. The van der Waals surface area contributed by atoms with Crippen molar-refractivity contribution in [2.24, 2.45) is 11.1 Å². The summed E-state index contributed by atoms with van der Waals surface area (Å²) < 4.78 is 0. The Morgan fingerprint density at radius 3 is 2.53 bits per heavy atom. The van der Waals surface area contributed by atoms with Crippen molar-refractivity contribution in [3.05, 3.63) is 28.2 Å². The van der Waals surface area contributed by atoms with E-state index in [9.17, 15) is 4.79 Å². The molecule has 0 bridgehead atoms. The minimum absolute atomic E-state index is 0.119. The van der Waals surface area contributed by atoms with E-state index in [1.807, 2.05) is 0 Å². The van der Waals surface area contributed by atoms with Gasteiger partial charge in [-0.05, 0) is 26.0 Å². The lowest BCUT2D eigenvalue weighted by atomic mass is 9.92. The lowest BCUT2D eigenvalue weighted by molar-refractivity contribution is -0.121. The summed E-state index contributed by atoms with van der Waals surface area (Å²) in [6, 6.07) is 4.98. The Labute approximate surface area is 115 Å². The van der Waals surface area contributed by atoms with Crippen LogP contribution in [0.2, 0.25) is 10.0 Å². The maximum atomic E-state index is 12.0. The second kappa shape index (κ2) is 5.21. The van der Waals surface area contributed by atoms with Gasteiger partial charge in [-0.2, -0.15) is 0 Å². The Hall–Kier alpha value is -0.840. The van der Waals surface area contributed by atoms with Gasteiger partial charge in [0.25, 0.3) is 0 Å². The Morgan fingerprint density at radius 1 is 1.41 bits per heavy atom. The van der Waals surface area contributed by atoms with Crippen molar-refractivity contribution in [2.45, 2.75) is 13.8 Å². The van der Waals surface area contributed by atoms with Crippen LogP contribution in [0.1, 0.15) is 13.8 Å². The molecule has 0 saturated heterocycles. The van der Waals surface area contributed by atoms with E-state index in [4.69, 9.17) is 41.2 Å². The van der Waals surface area contributed by atoms with Gasteiger partial charge in [-0.25, -0.2) is 0 Å². The molecule has 1 aromatic rings. The molecule has 1 aromatic carbocycles. The molecule has 3 N–H and O–H groups in total. The van der Waals surface area contributed by atoms with Crippen molar-refractivity contribution in [3.8, 4) is 0 Å². The van der Waals surface area contributed by atoms with Crippen LogP contribution < -0.4 is 11.1 Å². The molecule has 0 aliphatic heterocycles. The van der Waals surface area contributed by atoms with Crippen LogP contribution >= 0.6 is 35.4 Å². The number of benzene rings is 1. The summed E-state index contributed by atoms with van der Waals surface area (Å²) in [5, 5.41) is 3.32. The largest absolute Gasteiger partial charge is 0.392 e. The zero-order valence-electron chi connectivity index (χ0n) is 9.38. The van der Waals surface area contributed by atoms with E-state index < -0.39 is 5.41 Å². The third kappa shape index (κ3) is 3.09. The molecule has 0 radical (unpaired) electrons. The first-order valence-corrected chi connectivity index (χ1v) is 5.98. The number of halogens is 2. The van der Waals surface area contributed by atoms with E-state index in [1.165, 1.54) is 0 Å². The van der Waals surface area contributed by atoms with Gasteiger partial charge >= 0.3 is 0 Å². The van der Waals surface area contributed by atoms with E-state index in [0.29, 0.717) is 15.7 Å². The molecule has 17 heavy (non-hydrogen) atoms. The third-order valence-electron chi connectivity index (χ3n) is 2.38. The maximum absolute atomic E-state index is 12.0. The van der Waals surface area contributed by atoms with Gasteiger partial charge in [0.15, 0.2) is 0 Å². The molecular formula is C11H12Cl2N2OS. The molecule has 0 fully saturated rings. The summed E-state index contributed by atoms with van der Waals surface area (Å²) in [4.78, 5) is 12.1. The van der Waals surface area contributed by atoms with Crippen LogP contribution in [0.3, 0.4) is 0 Å². The van der Waals surface area contributed by atoms with Gasteiger partial charge in [0.1, 0.15) is 0 Å². The number of carbonyl (C=O) groups is 1. The number of nitrogens with two attached hydrogens (primary N) is 1. The normalized spacial score (nSPS) is 11.1. The number of amides is 1. The molecule has 1 rings (SSSR count). The third-order valence-corrected chi connectivity index (χ3v) is 3.71.